The highest BCUT2D eigenvalue weighted by Gasteiger charge is 2.15. The first-order valence-corrected chi connectivity index (χ1v) is 6.72. The van der Waals surface area contributed by atoms with Gasteiger partial charge in [-0.3, -0.25) is 4.79 Å². The molecule has 1 aromatic carbocycles. The first-order valence-electron chi connectivity index (χ1n) is 6.72. The molecule has 23 heavy (non-hydrogen) atoms. The van der Waals surface area contributed by atoms with E-state index in [1.165, 1.54) is 16.7 Å². The maximum Gasteiger partial charge on any atom is 0.222 e. The zero-order chi connectivity index (χ0) is 16.8. The summed E-state index contributed by atoms with van der Waals surface area (Å²) in [6.07, 6.45) is 0.0707. The molecule has 0 atom stereocenters. The van der Waals surface area contributed by atoms with Crippen molar-refractivity contribution >= 4 is 11.9 Å². The third-order valence-electron chi connectivity index (χ3n) is 3.17. The van der Waals surface area contributed by atoms with Crippen molar-refractivity contribution in [2.24, 2.45) is 0 Å². The van der Waals surface area contributed by atoms with Gasteiger partial charge in [0, 0.05) is 19.5 Å². The SMILES string of the molecule is N#Cc1nc(N)n(CCC(=O)NCc2ccc(F)cc2)c1C#N. The van der Waals surface area contributed by atoms with Crippen molar-refractivity contribution in [2.75, 3.05) is 5.73 Å². The third kappa shape index (κ3) is 3.83. The van der Waals surface area contributed by atoms with Crippen LogP contribution in [0.1, 0.15) is 23.4 Å². The second kappa shape index (κ2) is 7.05. The molecule has 1 amide bonds. The molecule has 8 heteroatoms. The topological polar surface area (TPSA) is 121 Å². The first kappa shape index (κ1) is 16.0. The van der Waals surface area contributed by atoms with E-state index in [4.69, 9.17) is 16.3 Å². The summed E-state index contributed by atoms with van der Waals surface area (Å²) >= 11 is 0. The van der Waals surface area contributed by atoms with E-state index in [-0.39, 0.29) is 48.6 Å². The highest BCUT2D eigenvalue weighted by molar-refractivity contribution is 5.75. The second-order valence-electron chi connectivity index (χ2n) is 4.70. The number of imidazole rings is 1. The maximum absolute atomic E-state index is 12.8. The Balaban J connectivity index is 1.92. The van der Waals surface area contributed by atoms with E-state index in [2.05, 4.69) is 10.3 Å². The van der Waals surface area contributed by atoms with Crippen molar-refractivity contribution in [1.29, 1.82) is 10.5 Å². The van der Waals surface area contributed by atoms with E-state index in [1.807, 2.05) is 6.07 Å². The minimum atomic E-state index is -0.340. The van der Waals surface area contributed by atoms with Crippen LogP contribution in [0.3, 0.4) is 0 Å². The highest BCUT2D eigenvalue weighted by Crippen LogP contribution is 2.12. The number of aromatic nitrogens is 2. The molecule has 0 saturated carbocycles. The van der Waals surface area contributed by atoms with Gasteiger partial charge in [-0.1, -0.05) is 12.1 Å². The van der Waals surface area contributed by atoms with Crippen molar-refractivity contribution in [3.05, 3.63) is 47.0 Å². The molecule has 0 aliphatic carbocycles. The number of anilines is 1. The molecule has 116 valence electrons. The number of nitrogens with zero attached hydrogens (tertiary/aromatic N) is 4. The summed E-state index contributed by atoms with van der Waals surface area (Å²) in [4.78, 5) is 15.6. The van der Waals surface area contributed by atoms with Gasteiger partial charge >= 0.3 is 0 Å². The molecule has 0 spiro atoms. The average Bonchev–Trinajstić information content (AvgIpc) is 2.87. The van der Waals surface area contributed by atoms with Gasteiger partial charge in [-0.2, -0.15) is 10.5 Å². The fourth-order valence-electron chi connectivity index (χ4n) is 1.99. The van der Waals surface area contributed by atoms with Crippen LogP contribution in [0.15, 0.2) is 24.3 Å². The van der Waals surface area contributed by atoms with Gasteiger partial charge in [0.1, 0.15) is 18.0 Å². The Bertz CT molecular complexity index is 797. The highest BCUT2D eigenvalue weighted by atomic mass is 19.1. The van der Waals surface area contributed by atoms with Gasteiger partial charge < -0.3 is 15.6 Å². The minimum Gasteiger partial charge on any atom is -0.369 e. The Hall–Kier alpha value is -3.39. The molecule has 0 fully saturated rings. The van der Waals surface area contributed by atoms with Crippen LogP contribution in [0.2, 0.25) is 0 Å². The molecule has 0 aliphatic rings. The fraction of sp³-hybridized carbons (Fsp3) is 0.200. The van der Waals surface area contributed by atoms with Crippen molar-refractivity contribution in [2.45, 2.75) is 19.5 Å². The standard InChI is InChI=1S/C15H13FN6O/c16-11-3-1-10(2-4-11)9-20-14(23)5-6-22-13(8-18)12(7-17)21-15(22)19/h1-4H,5-6,9H2,(H2,19,21)(H,20,23). The van der Waals surface area contributed by atoms with Gasteiger partial charge in [0.15, 0.2) is 11.4 Å². The van der Waals surface area contributed by atoms with Crippen LogP contribution in [0, 0.1) is 28.5 Å². The Morgan fingerprint density at radius 2 is 2.00 bits per heavy atom. The van der Waals surface area contributed by atoms with Crippen molar-refractivity contribution in [1.82, 2.24) is 14.9 Å². The molecule has 1 heterocycles. The molecule has 0 bridgehead atoms. The zero-order valence-electron chi connectivity index (χ0n) is 12.1. The molecule has 3 N–H and O–H groups in total. The van der Waals surface area contributed by atoms with E-state index >= 15 is 0 Å². The van der Waals surface area contributed by atoms with Crippen molar-refractivity contribution in [3.63, 3.8) is 0 Å². The number of nitrogens with two attached hydrogens (primary N) is 1. The Morgan fingerprint density at radius 1 is 1.30 bits per heavy atom. The van der Waals surface area contributed by atoms with Gasteiger partial charge in [-0.05, 0) is 17.7 Å². The molecule has 7 nitrogen and oxygen atoms in total. The van der Waals surface area contributed by atoms with Gasteiger partial charge in [-0.15, -0.1) is 0 Å². The largest absolute Gasteiger partial charge is 0.369 e. The molecule has 0 unspecified atom stereocenters. The number of nitrogen functional groups attached to an aromatic ring is 1. The number of halogens is 1. The molecular formula is C15H13FN6O. The summed E-state index contributed by atoms with van der Waals surface area (Å²) in [5.41, 5.74) is 6.39. The van der Waals surface area contributed by atoms with Crippen LogP contribution in [-0.4, -0.2) is 15.5 Å². The number of hydrogen-bond donors (Lipinski definition) is 2. The van der Waals surface area contributed by atoms with Gasteiger partial charge in [0.25, 0.3) is 0 Å². The van der Waals surface area contributed by atoms with E-state index in [9.17, 15) is 9.18 Å². The van der Waals surface area contributed by atoms with Crippen LogP contribution in [0.4, 0.5) is 10.3 Å². The summed E-state index contributed by atoms with van der Waals surface area (Å²) in [7, 11) is 0. The van der Waals surface area contributed by atoms with Crippen LogP contribution in [0.5, 0.6) is 0 Å². The molecule has 0 saturated heterocycles. The third-order valence-corrected chi connectivity index (χ3v) is 3.17. The van der Waals surface area contributed by atoms with Crippen LogP contribution in [0.25, 0.3) is 0 Å². The molecular weight excluding hydrogens is 299 g/mol. The number of carbonyl (C=O) groups excluding carboxylic acids is 1. The smallest absolute Gasteiger partial charge is 0.222 e. The number of nitrogens with one attached hydrogen (secondary N) is 1. The number of hydrogen-bond acceptors (Lipinski definition) is 5. The van der Waals surface area contributed by atoms with Crippen molar-refractivity contribution in [3.8, 4) is 12.1 Å². The van der Waals surface area contributed by atoms with Crippen LogP contribution in [-0.2, 0) is 17.9 Å². The van der Waals surface area contributed by atoms with E-state index < -0.39 is 0 Å². The quantitative estimate of drug-likeness (QED) is 0.855. The molecule has 2 rings (SSSR count). The lowest BCUT2D eigenvalue weighted by atomic mass is 10.2. The lowest BCUT2D eigenvalue weighted by Crippen LogP contribution is -2.24. The van der Waals surface area contributed by atoms with Gasteiger partial charge in [0.2, 0.25) is 11.9 Å². The zero-order valence-corrected chi connectivity index (χ0v) is 12.1. The van der Waals surface area contributed by atoms with E-state index in [0.29, 0.717) is 0 Å². The van der Waals surface area contributed by atoms with Gasteiger partial charge in [0.05, 0.1) is 0 Å². The molecule has 1 aromatic heterocycles. The molecule has 2 aromatic rings. The summed E-state index contributed by atoms with van der Waals surface area (Å²) in [5, 5.41) is 20.6. The first-order chi connectivity index (χ1) is 11.0. The predicted octanol–water partition coefficient (Wildman–Crippen LogP) is 1.05. The lowest BCUT2D eigenvalue weighted by molar-refractivity contribution is -0.121. The Labute approximate surface area is 131 Å². The summed E-state index contributed by atoms with van der Waals surface area (Å²) in [5.74, 6) is -0.581. The Morgan fingerprint density at radius 3 is 2.61 bits per heavy atom. The maximum atomic E-state index is 12.8. The van der Waals surface area contributed by atoms with E-state index in [0.717, 1.165) is 5.56 Å². The molecule has 0 aliphatic heterocycles. The number of rotatable bonds is 5. The Kier molecular flexibility index (Phi) is 4.90. The molecule has 0 radical (unpaired) electrons. The number of amides is 1. The fourth-order valence-corrected chi connectivity index (χ4v) is 1.99. The van der Waals surface area contributed by atoms with Crippen LogP contribution < -0.4 is 11.1 Å². The number of nitriles is 2. The minimum absolute atomic E-state index is 0.0180. The van der Waals surface area contributed by atoms with Gasteiger partial charge in [-0.25, -0.2) is 9.37 Å². The number of benzene rings is 1. The van der Waals surface area contributed by atoms with Crippen LogP contribution >= 0.6 is 0 Å². The monoisotopic (exact) mass is 312 g/mol. The van der Waals surface area contributed by atoms with E-state index in [1.54, 1.807) is 18.2 Å². The summed E-state index contributed by atoms with van der Waals surface area (Å²) in [6, 6.07) is 9.43. The van der Waals surface area contributed by atoms with Crippen molar-refractivity contribution < 1.29 is 9.18 Å². The second-order valence-corrected chi connectivity index (χ2v) is 4.70. The summed E-state index contributed by atoms with van der Waals surface area (Å²) in [6.45, 7) is 0.408. The lowest BCUT2D eigenvalue weighted by Gasteiger charge is -2.07. The predicted molar refractivity (Wildman–Crippen MR) is 78.9 cm³/mol. The average molecular weight is 312 g/mol. The summed E-state index contributed by atoms with van der Waals surface area (Å²) < 4.78 is 14.1. The normalized spacial score (nSPS) is 9.87. The number of carbonyl (C=O) groups is 1.